The molecule has 0 radical (unpaired) electrons. The molecule has 1 amide bonds. The van der Waals surface area contributed by atoms with Gasteiger partial charge in [-0.3, -0.25) is 9.59 Å². The van der Waals surface area contributed by atoms with Gasteiger partial charge in [-0.15, -0.1) is 0 Å². The molecule has 2 heterocycles. The molecule has 3 rings (SSSR count). The summed E-state index contributed by atoms with van der Waals surface area (Å²) in [5.41, 5.74) is 1.73. The van der Waals surface area contributed by atoms with Gasteiger partial charge in [-0.25, -0.2) is 4.68 Å². The first kappa shape index (κ1) is 17.2. The first-order valence-electron chi connectivity index (χ1n) is 7.72. The van der Waals surface area contributed by atoms with E-state index in [1.807, 2.05) is 6.92 Å². The molecule has 25 heavy (non-hydrogen) atoms. The Morgan fingerprint density at radius 2 is 2.04 bits per heavy atom. The van der Waals surface area contributed by atoms with Crippen LogP contribution >= 0.6 is 11.6 Å². The van der Waals surface area contributed by atoms with Crippen LogP contribution in [0.4, 0.5) is 5.69 Å². The molecule has 8 heteroatoms. The zero-order valence-corrected chi connectivity index (χ0v) is 15.0. The fourth-order valence-corrected chi connectivity index (χ4v) is 2.82. The van der Waals surface area contributed by atoms with Crippen LogP contribution in [0.3, 0.4) is 0 Å². The number of benzene rings is 1. The number of hydrogen-bond acceptors (Lipinski definition) is 5. The third-order valence-corrected chi connectivity index (χ3v) is 4.33. The van der Waals surface area contributed by atoms with Crippen molar-refractivity contribution in [1.29, 1.82) is 0 Å². The largest absolute Gasteiger partial charge is 0.360 e. The fourth-order valence-electron chi connectivity index (χ4n) is 2.65. The van der Waals surface area contributed by atoms with Gasteiger partial charge in [0.25, 0.3) is 5.56 Å². The summed E-state index contributed by atoms with van der Waals surface area (Å²) in [6.45, 7) is 6.91. The lowest BCUT2D eigenvalue weighted by Gasteiger charge is -2.16. The molecule has 2 aromatic heterocycles. The van der Waals surface area contributed by atoms with Gasteiger partial charge in [0.1, 0.15) is 11.8 Å². The van der Waals surface area contributed by atoms with Gasteiger partial charge in [0.2, 0.25) is 5.91 Å². The smallest absolute Gasteiger partial charge is 0.297 e. The molecule has 0 aliphatic rings. The van der Waals surface area contributed by atoms with Crippen molar-refractivity contribution in [3.8, 4) is 0 Å². The van der Waals surface area contributed by atoms with E-state index < -0.39 is 11.6 Å². The summed E-state index contributed by atoms with van der Waals surface area (Å²) in [5, 5.41) is 11.9. The molecule has 130 valence electrons. The van der Waals surface area contributed by atoms with Gasteiger partial charge < -0.3 is 9.84 Å². The van der Waals surface area contributed by atoms with E-state index >= 15 is 0 Å². The molecular weight excluding hydrogens is 344 g/mol. The van der Waals surface area contributed by atoms with E-state index in [9.17, 15) is 9.59 Å². The number of aromatic nitrogens is 3. The molecule has 0 saturated carbocycles. The number of amides is 1. The molecule has 1 aromatic carbocycles. The van der Waals surface area contributed by atoms with Crippen LogP contribution in [0.5, 0.6) is 0 Å². The van der Waals surface area contributed by atoms with Gasteiger partial charge in [0.15, 0.2) is 5.52 Å². The second-order valence-electron chi connectivity index (χ2n) is 5.92. The minimum Gasteiger partial charge on any atom is -0.360 e. The normalized spacial score (nSPS) is 12.4. The SMILES string of the molecule is Cc1ccc(Cl)cc1NC(=O)[C@H](C)n1nc(C)c2c(C)onc2c1=O. The maximum Gasteiger partial charge on any atom is 0.297 e. The average Bonchev–Trinajstić information content (AvgIpc) is 2.96. The molecule has 0 spiro atoms. The highest BCUT2D eigenvalue weighted by molar-refractivity contribution is 6.31. The van der Waals surface area contributed by atoms with Crippen LogP contribution in [-0.2, 0) is 4.79 Å². The van der Waals surface area contributed by atoms with Gasteiger partial charge in [-0.05, 0) is 45.4 Å². The zero-order valence-electron chi connectivity index (χ0n) is 14.3. The molecule has 3 aromatic rings. The Balaban J connectivity index is 1.98. The van der Waals surface area contributed by atoms with E-state index in [0.717, 1.165) is 10.2 Å². The lowest BCUT2D eigenvalue weighted by atomic mass is 10.2. The van der Waals surface area contributed by atoms with E-state index in [0.29, 0.717) is 27.6 Å². The fraction of sp³-hybridized carbons (Fsp3) is 0.294. The van der Waals surface area contributed by atoms with Crippen LogP contribution in [-0.4, -0.2) is 20.8 Å². The number of carbonyl (C=O) groups is 1. The zero-order chi connectivity index (χ0) is 18.3. The predicted molar refractivity (Wildman–Crippen MR) is 95.1 cm³/mol. The van der Waals surface area contributed by atoms with Crippen molar-refractivity contribution < 1.29 is 9.32 Å². The number of aryl methyl sites for hydroxylation is 3. The summed E-state index contributed by atoms with van der Waals surface area (Å²) in [6, 6.07) is 4.38. The Labute approximate surface area is 148 Å². The number of rotatable bonds is 3. The minimum atomic E-state index is -0.828. The standard InChI is InChI=1S/C17H17ClN4O3/c1-8-5-6-12(18)7-13(8)19-16(23)10(3)22-17(24)15-14(9(2)20-22)11(4)25-21-15/h5-7,10H,1-4H3,(H,19,23)/t10-/m0/s1. The summed E-state index contributed by atoms with van der Waals surface area (Å²) in [7, 11) is 0. The predicted octanol–water partition coefficient (Wildman–Crippen LogP) is 3.16. The molecule has 0 aliphatic carbocycles. The Kier molecular flexibility index (Phi) is 4.34. The van der Waals surface area contributed by atoms with Gasteiger partial charge in [0.05, 0.1) is 11.1 Å². The Hall–Kier alpha value is -2.67. The number of nitrogens with one attached hydrogen (secondary N) is 1. The number of nitrogens with zero attached hydrogens (tertiary/aromatic N) is 3. The number of carbonyl (C=O) groups excluding carboxylic acids is 1. The molecule has 0 bridgehead atoms. The van der Waals surface area contributed by atoms with Crippen molar-refractivity contribution in [3.63, 3.8) is 0 Å². The third kappa shape index (κ3) is 3.02. The monoisotopic (exact) mass is 360 g/mol. The minimum absolute atomic E-state index is 0.170. The van der Waals surface area contributed by atoms with E-state index in [-0.39, 0.29) is 11.4 Å². The second kappa shape index (κ2) is 6.33. The molecular formula is C17H17ClN4O3. The van der Waals surface area contributed by atoms with Gasteiger partial charge in [-0.1, -0.05) is 22.8 Å². The Morgan fingerprint density at radius 1 is 1.32 bits per heavy atom. The number of halogens is 1. The van der Waals surface area contributed by atoms with E-state index in [2.05, 4.69) is 15.6 Å². The first-order chi connectivity index (χ1) is 11.8. The van der Waals surface area contributed by atoms with Gasteiger partial charge in [-0.2, -0.15) is 5.10 Å². The molecule has 7 nitrogen and oxygen atoms in total. The van der Waals surface area contributed by atoms with Gasteiger partial charge in [0, 0.05) is 10.7 Å². The summed E-state index contributed by atoms with van der Waals surface area (Å²) in [5.74, 6) is 0.148. The van der Waals surface area contributed by atoms with Crippen molar-refractivity contribution in [2.45, 2.75) is 33.7 Å². The lowest BCUT2D eigenvalue weighted by Crippen LogP contribution is -2.34. The number of fused-ring (bicyclic) bond motifs is 1. The number of anilines is 1. The quantitative estimate of drug-likeness (QED) is 0.774. The molecule has 0 unspecified atom stereocenters. The number of hydrogen-bond donors (Lipinski definition) is 1. The highest BCUT2D eigenvalue weighted by Gasteiger charge is 2.22. The topological polar surface area (TPSA) is 90.0 Å². The Bertz CT molecular complexity index is 1040. The summed E-state index contributed by atoms with van der Waals surface area (Å²) < 4.78 is 6.20. The lowest BCUT2D eigenvalue weighted by molar-refractivity contribution is -0.119. The molecule has 1 atom stereocenters. The van der Waals surface area contributed by atoms with E-state index in [1.54, 1.807) is 39.0 Å². The van der Waals surface area contributed by atoms with Crippen molar-refractivity contribution in [1.82, 2.24) is 14.9 Å². The van der Waals surface area contributed by atoms with Crippen molar-refractivity contribution in [2.24, 2.45) is 0 Å². The molecule has 1 N–H and O–H groups in total. The van der Waals surface area contributed by atoms with Gasteiger partial charge >= 0.3 is 0 Å². The molecule has 0 fully saturated rings. The van der Waals surface area contributed by atoms with Crippen LogP contribution < -0.4 is 10.9 Å². The summed E-state index contributed by atoms with van der Waals surface area (Å²) >= 11 is 5.97. The highest BCUT2D eigenvalue weighted by Crippen LogP contribution is 2.22. The van der Waals surface area contributed by atoms with Crippen molar-refractivity contribution in [2.75, 3.05) is 5.32 Å². The van der Waals surface area contributed by atoms with Crippen LogP contribution in [0.25, 0.3) is 10.9 Å². The second-order valence-corrected chi connectivity index (χ2v) is 6.36. The third-order valence-electron chi connectivity index (χ3n) is 4.10. The van der Waals surface area contributed by atoms with E-state index in [1.165, 1.54) is 0 Å². The van der Waals surface area contributed by atoms with Crippen molar-refractivity contribution in [3.05, 3.63) is 50.6 Å². The van der Waals surface area contributed by atoms with Crippen molar-refractivity contribution >= 4 is 34.1 Å². The van der Waals surface area contributed by atoms with Crippen LogP contribution in [0.2, 0.25) is 5.02 Å². The molecule has 0 aliphatic heterocycles. The first-order valence-corrected chi connectivity index (χ1v) is 8.09. The van der Waals surface area contributed by atoms with Crippen LogP contribution in [0.15, 0.2) is 27.5 Å². The maximum atomic E-state index is 12.6. The van der Waals surface area contributed by atoms with Crippen LogP contribution in [0, 0.1) is 20.8 Å². The highest BCUT2D eigenvalue weighted by atomic mass is 35.5. The summed E-state index contributed by atoms with van der Waals surface area (Å²) in [4.78, 5) is 25.2. The molecule has 0 saturated heterocycles. The van der Waals surface area contributed by atoms with Crippen LogP contribution in [0.1, 0.15) is 30.0 Å². The van der Waals surface area contributed by atoms with E-state index in [4.69, 9.17) is 16.1 Å². The average molecular weight is 361 g/mol. The maximum absolute atomic E-state index is 12.6. The summed E-state index contributed by atoms with van der Waals surface area (Å²) in [6.07, 6.45) is 0. The Morgan fingerprint density at radius 3 is 2.76 bits per heavy atom.